The van der Waals surface area contributed by atoms with Gasteiger partial charge in [-0.05, 0) is 30.7 Å². The molecule has 1 aliphatic heterocycles. The highest BCUT2D eigenvalue weighted by molar-refractivity contribution is 7.89. The molecule has 2 rings (SSSR count). The summed E-state index contributed by atoms with van der Waals surface area (Å²) in [5, 5.41) is 5.02. The van der Waals surface area contributed by atoms with Gasteiger partial charge in [0, 0.05) is 5.92 Å². The van der Waals surface area contributed by atoms with Gasteiger partial charge in [0.1, 0.15) is 0 Å². The van der Waals surface area contributed by atoms with Crippen LogP contribution in [0.5, 0.6) is 0 Å². The standard InChI is InChI=1S/C14H18N2O4S/c1-3-4-12-9(2)13(17)16(14(12)18)10-5-7-11(8-6-10)21(15,19)20/h5-9,12H,3-4H2,1-2H3,(H2,15,19,20). The van der Waals surface area contributed by atoms with Crippen molar-refractivity contribution in [2.75, 3.05) is 4.90 Å². The lowest BCUT2D eigenvalue weighted by molar-refractivity contribution is -0.122. The summed E-state index contributed by atoms with van der Waals surface area (Å²) in [6, 6.07) is 5.44. The van der Waals surface area contributed by atoms with Gasteiger partial charge in [0.2, 0.25) is 21.8 Å². The topological polar surface area (TPSA) is 97.5 Å². The van der Waals surface area contributed by atoms with Crippen molar-refractivity contribution in [1.82, 2.24) is 0 Å². The molecule has 114 valence electrons. The number of imide groups is 1. The van der Waals surface area contributed by atoms with E-state index >= 15 is 0 Å². The summed E-state index contributed by atoms with van der Waals surface area (Å²) in [6.07, 6.45) is 1.49. The minimum Gasteiger partial charge on any atom is -0.274 e. The molecule has 0 aliphatic carbocycles. The predicted octanol–water partition coefficient (Wildman–Crippen LogP) is 1.26. The third-order valence-electron chi connectivity index (χ3n) is 3.77. The van der Waals surface area contributed by atoms with E-state index in [1.54, 1.807) is 6.92 Å². The fourth-order valence-corrected chi connectivity index (χ4v) is 3.10. The van der Waals surface area contributed by atoms with Crippen molar-refractivity contribution >= 4 is 27.5 Å². The Labute approximate surface area is 124 Å². The van der Waals surface area contributed by atoms with Crippen LogP contribution in [0.25, 0.3) is 0 Å². The molecule has 0 aromatic heterocycles. The summed E-state index contributed by atoms with van der Waals surface area (Å²) in [5.41, 5.74) is 0.378. The number of benzene rings is 1. The van der Waals surface area contributed by atoms with E-state index < -0.39 is 10.0 Å². The number of carbonyl (C=O) groups is 2. The average Bonchev–Trinajstić information content (AvgIpc) is 2.62. The maximum absolute atomic E-state index is 12.4. The van der Waals surface area contributed by atoms with Crippen molar-refractivity contribution in [2.24, 2.45) is 17.0 Å². The van der Waals surface area contributed by atoms with Gasteiger partial charge >= 0.3 is 0 Å². The Morgan fingerprint density at radius 3 is 2.19 bits per heavy atom. The van der Waals surface area contributed by atoms with Gasteiger partial charge in [-0.3, -0.25) is 14.5 Å². The highest BCUT2D eigenvalue weighted by Crippen LogP contribution is 2.33. The zero-order valence-corrected chi connectivity index (χ0v) is 12.8. The lowest BCUT2D eigenvalue weighted by Crippen LogP contribution is -2.30. The van der Waals surface area contributed by atoms with E-state index in [2.05, 4.69) is 0 Å². The van der Waals surface area contributed by atoms with Gasteiger partial charge in [0.15, 0.2) is 0 Å². The fraction of sp³-hybridized carbons (Fsp3) is 0.429. The molecule has 2 atom stereocenters. The molecule has 1 saturated heterocycles. The van der Waals surface area contributed by atoms with Crippen molar-refractivity contribution in [3.05, 3.63) is 24.3 Å². The molecule has 6 nitrogen and oxygen atoms in total. The number of hydrogen-bond donors (Lipinski definition) is 1. The van der Waals surface area contributed by atoms with E-state index in [1.165, 1.54) is 24.3 Å². The van der Waals surface area contributed by atoms with Gasteiger partial charge in [0.25, 0.3) is 0 Å². The van der Waals surface area contributed by atoms with Gasteiger partial charge < -0.3 is 0 Å². The molecule has 0 bridgehead atoms. The largest absolute Gasteiger partial charge is 0.274 e. The van der Waals surface area contributed by atoms with Crippen LogP contribution < -0.4 is 10.0 Å². The van der Waals surface area contributed by atoms with Crippen molar-refractivity contribution in [1.29, 1.82) is 0 Å². The summed E-state index contributed by atoms with van der Waals surface area (Å²) in [7, 11) is -3.79. The van der Waals surface area contributed by atoms with E-state index in [-0.39, 0.29) is 28.5 Å². The monoisotopic (exact) mass is 310 g/mol. The summed E-state index contributed by atoms with van der Waals surface area (Å²) in [6.45, 7) is 3.72. The van der Waals surface area contributed by atoms with Crippen LogP contribution in [-0.4, -0.2) is 20.2 Å². The average molecular weight is 310 g/mol. The second-order valence-electron chi connectivity index (χ2n) is 5.23. The third kappa shape index (κ3) is 2.84. The number of amides is 2. The molecule has 1 aromatic rings. The van der Waals surface area contributed by atoms with Gasteiger partial charge in [-0.2, -0.15) is 0 Å². The van der Waals surface area contributed by atoms with Crippen molar-refractivity contribution in [2.45, 2.75) is 31.6 Å². The first-order valence-corrected chi connectivity index (χ1v) is 8.32. The number of rotatable bonds is 4. The Morgan fingerprint density at radius 2 is 1.71 bits per heavy atom. The molecule has 2 amide bonds. The molecule has 21 heavy (non-hydrogen) atoms. The number of sulfonamides is 1. The Kier molecular flexibility index (Phi) is 4.15. The molecule has 0 radical (unpaired) electrons. The lowest BCUT2D eigenvalue weighted by Gasteiger charge is -2.15. The molecule has 0 saturated carbocycles. The van der Waals surface area contributed by atoms with Crippen molar-refractivity contribution in [3.63, 3.8) is 0 Å². The van der Waals surface area contributed by atoms with E-state index in [0.29, 0.717) is 12.1 Å². The van der Waals surface area contributed by atoms with Gasteiger partial charge in [-0.15, -0.1) is 0 Å². The molecule has 1 heterocycles. The maximum atomic E-state index is 12.4. The number of nitrogens with two attached hydrogens (primary N) is 1. The molecular weight excluding hydrogens is 292 g/mol. The van der Waals surface area contributed by atoms with Crippen LogP contribution in [0, 0.1) is 11.8 Å². The fourth-order valence-electron chi connectivity index (χ4n) is 2.59. The van der Waals surface area contributed by atoms with Crippen molar-refractivity contribution < 1.29 is 18.0 Å². The third-order valence-corrected chi connectivity index (χ3v) is 4.70. The van der Waals surface area contributed by atoms with Gasteiger partial charge in [0.05, 0.1) is 16.5 Å². The van der Waals surface area contributed by atoms with E-state index in [4.69, 9.17) is 5.14 Å². The second kappa shape index (κ2) is 5.57. The first-order chi connectivity index (χ1) is 9.77. The molecule has 1 fully saturated rings. The Balaban J connectivity index is 2.34. The number of nitrogens with zero attached hydrogens (tertiary/aromatic N) is 1. The Bertz CT molecular complexity index is 667. The quantitative estimate of drug-likeness (QED) is 0.846. The first kappa shape index (κ1) is 15.7. The maximum Gasteiger partial charge on any atom is 0.238 e. The molecule has 1 aliphatic rings. The van der Waals surface area contributed by atoms with E-state index in [1.807, 2.05) is 6.92 Å². The number of primary sulfonamides is 1. The SMILES string of the molecule is CCCC1C(=O)N(c2ccc(S(N)(=O)=O)cc2)C(=O)C1C. The molecule has 7 heteroatoms. The van der Waals surface area contributed by atoms with Crippen LogP contribution >= 0.6 is 0 Å². The number of carbonyl (C=O) groups excluding carboxylic acids is 2. The minimum absolute atomic E-state index is 0.0523. The summed E-state index contributed by atoms with van der Waals surface area (Å²) >= 11 is 0. The molecule has 1 aromatic carbocycles. The second-order valence-corrected chi connectivity index (χ2v) is 6.80. The van der Waals surface area contributed by atoms with Gasteiger partial charge in [-0.25, -0.2) is 13.6 Å². The summed E-state index contributed by atoms with van der Waals surface area (Å²) in [4.78, 5) is 25.7. The highest BCUT2D eigenvalue weighted by atomic mass is 32.2. The lowest BCUT2D eigenvalue weighted by atomic mass is 9.93. The van der Waals surface area contributed by atoms with Crippen molar-refractivity contribution in [3.8, 4) is 0 Å². The Morgan fingerprint density at radius 1 is 1.14 bits per heavy atom. The van der Waals surface area contributed by atoms with E-state index in [0.717, 1.165) is 11.3 Å². The molecule has 2 N–H and O–H groups in total. The van der Waals surface area contributed by atoms with Gasteiger partial charge in [-0.1, -0.05) is 20.3 Å². The summed E-state index contributed by atoms with van der Waals surface area (Å²) < 4.78 is 22.4. The zero-order valence-electron chi connectivity index (χ0n) is 11.9. The number of anilines is 1. The zero-order chi connectivity index (χ0) is 15.8. The van der Waals surface area contributed by atoms with E-state index in [9.17, 15) is 18.0 Å². The summed E-state index contributed by atoms with van der Waals surface area (Å²) in [5.74, 6) is -1.13. The first-order valence-electron chi connectivity index (χ1n) is 6.78. The minimum atomic E-state index is -3.79. The van der Waals surface area contributed by atoms with Crippen LogP contribution in [0.4, 0.5) is 5.69 Å². The molecule has 0 spiro atoms. The predicted molar refractivity (Wildman–Crippen MR) is 77.9 cm³/mol. The molecular formula is C14H18N2O4S. The molecule has 2 unspecified atom stereocenters. The van der Waals surface area contributed by atoms with Crippen LogP contribution in [0.3, 0.4) is 0 Å². The highest BCUT2D eigenvalue weighted by Gasteiger charge is 2.44. The number of hydrogen-bond acceptors (Lipinski definition) is 4. The van der Waals surface area contributed by atoms with Crippen LogP contribution in [-0.2, 0) is 19.6 Å². The smallest absolute Gasteiger partial charge is 0.238 e. The van der Waals surface area contributed by atoms with Crippen LogP contribution in [0.2, 0.25) is 0 Å². The normalized spacial score (nSPS) is 22.9. The van der Waals surface area contributed by atoms with Crippen LogP contribution in [0.15, 0.2) is 29.2 Å². The van der Waals surface area contributed by atoms with Crippen LogP contribution in [0.1, 0.15) is 26.7 Å². The Hall–Kier alpha value is -1.73.